The number of nitrogens with zero attached hydrogens (tertiary/aromatic N) is 2. The normalized spacial score (nSPS) is 9.33. The summed E-state index contributed by atoms with van der Waals surface area (Å²) in [7, 11) is 0. The van der Waals surface area contributed by atoms with Crippen molar-refractivity contribution in [1.29, 1.82) is 0 Å². The molecule has 0 bridgehead atoms. The zero-order valence-corrected chi connectivity index (χ0v) is 6.94. The molecule has 0 spiro atoms. The summed E-state index contributed by atoms with van der Waals surface area (Å²) in [5.74, 6) is 0.235. The molecule has 0 aliphatic rings. The molecule has 2 N–H and O–H groups in total. The van der Waals surface area contributed by atoms with Gasteiger partial charge in [0.25, 0.3) is 5.56 Å². The highest BCUT2D eigenvalue weighted by atomic mass is 32.1. The minimum absolute atomic E-state index is 0.0959. The topological polar surface area (TPSA) is 73.4 Å². The third-order valence-electron chi connectivity index (χ3n) is 1.21. The quantitative estimate of drug-likeness (QED) is 0.531. The molecule has 12 heavy (non-hydrogen) atoms. The van der Waals surface area contributed by atoms with Crippen LogP contribution in [0.15, 0.2) is 14.8 Å². The molecule has 1 rings (SSSR count). The largest absolute Gasteiger partial charge is 0.315 e. The summed E-state index contributed by atoms with van der Waals surface area (Å²) in [5, 5.41) is 0. The summed E-state index contributed by atoms with van der Waals surface area (Å²) >= 11 is 4.70. The summed E-state index contributed by atoms with van der Waals surface area (Å²) in [6.45, 7) is 6.47. The van der Waals surface area contributed by atoms with E-state index in [0.29, 0.717) is 0 Å². The van der Waals surface area contributed by atoms with Gasteiger partial charge in [0.2, 0.25) is 0 Å². The maximum atomic E-state index is 11.1. The van der Waals surface area contributed by atoms with Gasteiger partial charge in [-0.2, -0.15) is 0 Å². The lowest BCUT2D eigenvalue weighted by molar-refractivity contribution is 1.08. The van der Waals surface area contributed by atoms with Gasteiger partial charge in [0.15, 0.2) is 16.3 Å². The lowest BCUT2D eigenvalue weighted by atomic mass is 10.5. The molecule has 0 amide bonds. The second kappa shape index (κ2) is 3.22. The van der Waals surface area contributed by atoms with E-state index in [1.54, 1.807) is 0 Å². The highest BCUT2D eigenvalue weighted by molar-refractivity contribution is 7.71. The van der Waals surface area contributed by atoms with E-state index in [1.165, 1.54) is 0 Å². The van der Waals surface area contributed by atoms with E-state index in [4.69, 9.17) is 12.2 Å². The molecule has 0 atom stereocenters. The fourth-order valence-electron chi connectivity index (χ4n) is 0.729. The Morgan fingerprint density at radius 2 is 1.92 bits per heavy atom. The first kappa shape index (κ1) is 8.54. The first-order valence-electron chi connectivity index (χ1n) is 2.99. The third kappa shape index (κ3) is 1.37. The molecule has 0 radical (unpaired) electrons. The monoisotopic (exact) mass is 182 g/mol. The van der Waals surface area contributed by atoms with Crippen LogP contribution in [0.25, 0.3) is 0 Å². The van der Waals surface area contributed by atoms with Crippen molar-refractivity contribution < 1.29 is 0 Å². The number of aromatic amines is 2. The maximum absolute atomic E-state index is 11.1. The minimum atomic E-state index is -0.420. The Morgan fingerprint density at radius 1 is 1.25 bits per heavy atom. The maximum Gasteiger partial charge on any atom is 0.279 e. The van der Waals surface area contributed by atoms with E-state index in [9.17, 15) is 4.79 Å². The summed E-state index contributed by atoms with van der Waals surface area (Å²) < 4.78 is 0.190. The SMILES string of the molecule is C=Nc1[nH]c(=S)[nH]c(=O)c1N=C. The second-order valence-electron chi connectivity index (χ2n) is 1.92. The van der Waals surface area contributed by atoms with Crippen LogP contribution in [0.3, 0.4) is 0 Å². The van der Waals surface area contributed by atoms with Gasteiger partial charge < -0.3 is 4.98 Å². The third-order valence-corrected chi connectivity index (χ3v) is 1.42. The molecule has 5 nitrogen and oxygen atoms in total. The molecule has 1 aromatic heterocycles. The number of hydrogen-bond donors (Lipinski definition) is 2. The van der Waals surface area contributed by atoms with Crippen molar-refractivity contribution in [3.8, 4) is 0 Å². The van der Waals surface area contributed by atoms with Crippen LogP contribution >= 0.6 is 12.2 Å². The first-order chi connectivity index (χ1) is 5.69. The number of hydrogen-bond acceptors (Lipinski definition) is 4. The van der Waals surface area contributed by atoms with Crippen LogP contribution in [0.4, 0.5) is 11.5 Å². The van der Waals surface area contributed by atoms with Crippen LogP contribution in [0.2, 0.25) is 0 Å². The van der Waals surface area contributed by atoms with E-state index < -0.39 is 5.56 Å². The van der Waals surface area contributed by atoms with Gasteiger partial charge in [-0.25, -0.2) is 4.99 Å². The lowest BCUT2D eigenvalue weighted by Gasteiger charge is -1.96. The molecule has 0 saturated carbocycles. The van der Waals surface area contributed by atoms with Crippen LogP contribution in [0, 0.1) is 4.77 Å². The molecule has 0 fully saturated rings. The number of aromatic nitrogens is 2. The van der Waals surface area contributed by atoms with Gasteiger partial charge >= 0.3 is 0 Å². The molecule has 1 aromatic rings. The minimum Gasteiger partial charge on any atom is -0.315 e. The fraction of sp³-hybridized carbons (Fsp3) is 0. The predicted octanol–water partition coefficient (Wildman–Crippen LogP) is 1.10. The first-order valence-corrected chi connectivity index (χ1v) is 3.40. The fourth-order valence-corrected chi connectivity index (χ4v) is 0.918. The highest BCUT2D eigenvalue weighted by Gasteiger charge is 2.02. The van der Waals surface area contributed by atoms with Gasteiger partial charge in [-0.1, -0.05) is 0 Å². The van der Waals surface area contributed by atoms with Crippen molar-refractivity contribution in [2.45, 2.75) is 0 Å². The van der Waals surface area contributed by atoms with Gasteiger partial charge in [-0.15, -0.1) is 0 Å². The Bertz CT molecular complexity index is 430. The molecule has 0 unspecified atom stereocenters. The van der Waals surface area contributed by atoms with E-state index in [2.05, 4.69) is 33.4 Å². The zero-order valence-electron chi connectivity index (χ0n) is 6.13. The van der Waals surface area contributed by atoms with Crippen LogP contribution in [-0.2, 0) is 0 Å². The molecule has 6 heteroatoms. The number of H-pyrrole nitrogens is 2. The standard InChI is InChI=1S/C6H6N4OS/c1-7-3-4(8-2)9-6(12)10-5(3)11/h1-2H2,(H2,9,10,11,12). The lowest BCUT2D eigenvalue weighted by Crippen LogP contribution is -2.06. The van der Waals surface area contributed by atoms with Gasteiger partial charge in [-0.05, 0) is 25.7 Å². The van der Waals surface area contributed by atoms with Crippen molar-refractivity contribution in [2.24, 2.45) is 9.98 Å². The molecule has 62 valence electrons. The molecular weight excluding hydrogens is 176 g/mol. The van der Waals surface area contributed by atoms with Gasteiger partial charge in [0.1, 0.15) is 0 Å². The second-order valence-corrected chi connectivity index (χ2v) is 2.33. The summed E-state index contributed by atoms with van der Waals surface area (Å²) in [6.07, 6.45) is 0. The van der Waals surface area contributed by atoms with Crippen molar-refractivity contribution >= 4 is 37.2 Å². The summed E-state index contributed by atoms with van der Waals surface area (Å²) in [5.41, 5.74) is -0.324. The Morgan fingerprint density at radius 3 is 2.42 bits per heavy atom. The molecule has 1 heterocycles. The van der Waals surface area contributed by atoms with Crippen LogP contribution in [-0.4, -0.2) is 23.4 Å². The predicted molar refractivity (Wildman–Crippen MR) is 50.7 cm³/mol. The Hall–Kier alpha value is -1.56. The number of rotatable bonds is 2. The number of aliphatic imine (C=N–C) groups is 2. The van der Waals surface area contributed by atoms with Crippen molar-refractivity contribution in [3.05, 3.63) is 15.1 Å². The van der Waals surface area contributed by atoms with E-state index in [1.807, 2.05) is 0 Å². The van der Waals surface area contributed by atoms with Crippen molar-refractivity contribution in [3.63, 3.8) is 0 Å². The smallest absolute Gasteiger partial charge is 0.279 e. The van der Waals surface area contributed by atoms with E-state index in [-0.39, 0.29) is 16.3 Å². The van der Waals surface area contributed by atoms with Gasteiger partial charge in [-0.3, -0.25) is 14.8 Å². The van der Waals surface area contributed by atoms with Crippen molar-refractivity contribution in [1.82, 2.24) is 9.97 Å². The Labute approximate surface area is 72.9 Å². The Balaban J connectivity index is 3.66. The molecule has 0 aromatic carbocycles. The average Bonchev–Trinajstić information content (AvgIpc) is 2.03. The molecular formula is C6H6N4OS. The molecule has 0 aliphatic carbocycles. The van der Waals surface area contributed by atoms with Crippen LogP contribution < -0.4 is 5.56 Å². The summed E-state index contributed by atoms with van der Waals surface area (Å²) in [6, 6.07) is 0. The average molecular weight is 182 g/mol. The Kier molecular flexibility index (Phi) is 2.29. The van der Waals surface area contributed by atoms with Crippen LogP contribution in [0.5, 0.6) is 0 Å². The van der Waals surface area contributed by atoms with Gasteiger partial charge in [0.05, 0.1) is 0 Å². The van der Waals surface area contributed by atoms with E-state index in [0.717, 1.165) is 0 Å². The van der Waals surface area contributed by atoms with E-state index >= 15 is 0 Å². The molecule has 0 saturated heterocycles. The highest BCUT2D eigenvalue weighted by Crippen LogP contribution is 2.17. The summed E-state index contributed by atoms with van der Waals surface area (Å²) in [4.78, 5) is 23.1. The van der Waals surface area contributed by atoms with Crippen molar-refractivity contribution in [2.75, 3.05) is 0 Å². The zero-order chi connectivity index (χ0) is 9.14. The van der Waals surface area contributed by atoms with Gasteiger partial charge in [0, 0.05) is 0 Å². The number of nitrogens with one attached hydrogen (secondary N) is 2. The van der Waals surface area contributed by atoms with Crippen LogP contribution in [0.1, 0.15) is 0 Å². The molecule has 0 aliphatic heterocycles.